The van der Waals surface area contributed by atoms with E-state index in [1.54, 1.807) is 12.1 Å². The normalized spacial score (nSPS) is 15.4. The molecular weight excluding hydrogens is 475 g/mol. The quantitative estimate of drug-likeness (QED) is 0.522. The highest BCUT2D eigenvalue weighted by Crippen LogP contribution is 2.38. The number of alkyl halides is 3. The van der Waals surface area contributed by atoms with Crippen LogP contribution in [0.15, 0.2) is 41.4 Å². The Balaban J connectivity index is 1.84. The van der Waals surface area contributed by atoms with Gasteiger partial charge in [-0.05, 0) is 49.2 Å². The van der Waals surface area contributed by atoms with Crippen molar-refractivity contribution in [1.29, 1.82) is 0 Å². The summed E-state index contributed by atoms with van der Waals surface area (Å²) in [4.78, 5) is 13.9. The Kier molecular flexibility index (Phi) is 6.32. The molecule has 182 valence electrons. The van der Waals surface area contributed by atoms with Gasteiger partial charge in [0.25, 0.3) is 0 Å². The molecule has 0 saturated carbocycles. The number of rotatable bonds is 5. The van der Waals surface area contributed by atoms with Crippen molar-refractivity contribution in [1.82, 2.24) is 14.6 Å². The van der Waals surface area contributed by atoms with Gasteiger partial charge in [0.05, 0.1) is 5.52 Å². The first kappa shape index (κ1) is 24.0. The van der Waals surface area contributed by atoms with Crippen LogP contribution >= 0.6 is 0 Å². The number of nitrogens with one attached hydrogen (secondary N) is 2. The number of ether oxygens (including phenoxy) is 2. The molecule has 0 aliphatic carbocycles. The summed E-state index contributed by atoms with van der Waals surface area (Å²) < 4.78 is 76.8. The monoisotopic (exact) mass is 497 g/mol. The lowest BCUT2D eigenvalue weighted by molar-refractivity contribution is -0.189. The van der Waals surface area contributed by atoms with Crippen LogP contribution in [0.4, 0.5) is 13.2 Å². The number of sulfonamides is 1. The number of hydrogen-bond donors (Lipinski definition) is 2. The van der Waals surface area contributed by atoms with Crippen molar-refractivity contribution in [2.24, 2.45) is 0 Å². The van der Waals surface area contributed by atoms with Gasteiger partial charge in [0.15, 0.2) is 5.75 Å². The van der Waals surface area contributed by atoms with Crippen LogP contribution in [-0.4, -0.2) is 56.0 Å². The van der Waals surface area contributed by atoms with Crippen molar-refractivity contribution in [2.75, 3.05) is 26.2 Å². The van der Waals surface area contributed by atoms with Gasteiger partial charge in [-0.1, -0.05) is 6.07 Å². The van der Waals surface area contributed by atoms with Crippen LogP contribution in [0.1, 0.15) is 11.1 Å². The van der Waals surface area contributed by atoms with E-state index in [0.717, 1.165) is 17.3 Å². The Morgan fingerprint density at radius 2 is 1.65 bits per heavy atom. The predicted octanol–water partition coefficient (Wildman–Crippen LogP) is 3.64. The van der Waals surface area contributed by atoms with Crippen molar-refractivity contribution in [3.63, 3.8) is 0 Å². The average molecular weight is 497 g/mol. The molecule has 2 heterocycles. The molecule has 2 N–H and O–H groups in total. The van der Waals surface area contributed by atoms with Crippen molar-refractivity contribution >= 4 is 26.9 Å². The molecule has 4 rings (SSSR count). The summed E-state index contributed by atoms with van der Waals surface area (Å²) in [5, 5.41) is 3.15. The summed E-state index contributed by atoms with van der Waals surface area (Å²) in [7, 11) is -4.00. The minimum absolute atomic E-state index is 0.0660. The third-order valence-electron chi connectivity index (χ3n) is 5.26. The molecule has 1 aliphatic heterocycles. The fourth-order valence-electron chi connectivity index (χ4n) is 3.77. The number of carbonyl (C=O) groups excluding carboxylic acids is 1. The summed E-state index contributed by atoms with van der Waals surface area (Å²) in [6.45, 7) is 5.17. The number of halogens is 3. The summed E-state index contributed by atoms with van der Waals surface area (Å²) in [5.74, 6) is -2.52. The highest BCUT2D eigenvalue weighted by Gasteiger charge is 2.42. The van der Waals surface area contributed by atoms with E-state index in [1.807, 2.05) is 19.9 Å². The maximum absolute atomic E-state index is 13.5. The molecule has 0 amide bonds. The summed E-state index contributed by atoms with van der Waals surface area (Å²) in [5.41, 5.74) is 1.93. The zero-order valence-electron chi connectivity index (χ0n) is 18.3. The molecule has 0 radical (unpaired) electrons. The number of nitrogens with zero attached hydrogens (tertiary/aromatic N) is 1. The van der Waals surface area contributed by atoms with E-state index < -0.39 is 27.9 Å². The van der Waals surface area contributed by atoms with Gasteiger partial charge in [-0.25, -0.2) is 13.2 Å². The fraction of sp³-hybridized carbons (Fsp3) is 0.318. The molecule has 1 saturated heterocycles. The highest BCUT2D eigenvalue weighted by atomic mass is 32.2. The minimum atomic E-state index is -5.19. The molecule has 0 bridgehead atoms. The standard InChI is InChI=1S/C22H22F3N3O5S/c1-13-7-14(2)9-15(8-13)32-18-10-16-17(27-12-19(16)33-21(29)22(23,24)25)11-20(18)34(30,31)28-5-3-26-4-6-28/h7-12,26-27H,3-6H2,1-2H3. The second kappa shape index (κ2) is 8.93. The number of aromatic amines is 1. The third kappa shape index (κ3) is 4.88. The minimum Gasteiger partial charge on any atom is -0.456 e. The van der Waals surface area contributed by atoms with E-state index in [-0.39, 0.29) is 34.6 Å². The van der Waals surface area contributed by atoms with Gasteiger partial charge < -0.3 is 19.8 Å². The Hall–Kier alpha value is -3.09. The van der Waals surface area contributed by atoms with E-state index >= 15 is 0 Å². The molecule has 12 heteroatoms. The van der Waals surface area contributed by atoms with Crippen LogP contribution in [-0.2, 0) is 14.8 Å². The van der Waals surface area contributed by atoms with Crippen LogP contribution in [0.5, 0.6) is 17.2 Å². The van der Waals surface area contributed by atoms with Crippen molar-refractivity contribution < 1.29 is 35.9 Å². The number of aryl methyl sites for hydroxylation is 2. The summed E-state index contributed by atoms with van der Waals surface area (Å²) in [6, 6.07) is 7.86. The number of aromatic nitrogens is 1. The first-order chi connectivity index (χ1) is 15.9. The van der Waals surface area contributed by atoms with Crippen molar-refractivity contribution in [3.05, 3.63) is 47.7 Å². The van der Waals surface area contributed by atoms with E-state index in [9.17, 15) is 26.4 Å². The van der Waals surface area contributed by atoms with Gasteiger partial charge in [-0.3, -0.25) is 0 Å². The van der Waals surface area contributed by atoms with Crippen molar-refractivity contribution in [3.8, 4) is 17.2 Å². The first-order valence-electron chi connectivity index (χ1n) is 10.4. The summed E-state index contributed by atoms with van der Waals surface area (Å²) in [6.07, 6.45) is -4.12. The second-order valence-corrected chi connectivity index (χ2v) is 9.87. The number of hydrogen-bond acceptors (Lipinski definition) is 6. The molecule has 3 aromatic rings. The molecule has 34 heavy (non-hydrogen) atoms. The van der Waals surface area contributed by atoms with E-state index in [1.165, 1.54) is 16.4 Å². The lowest BCUT2D eigenvalue weighted by Gasteiger charge is -2.27. The Labute approximate surface area is 193 Å². The fourth-order valence-corrected chi connectivity index (χ4v) is 5.33. The maximum Gasteiger partial charge on any atom is 0.491 e. The number of H-pyrrole nitrogens is 1. The van der Waals surface area contributed by atoms with E-state index in [4.69, 9.17) is 4.74 Å². The predicted molar refractivity (Wildman–Crippen MR) is 118 cm³/mol. The van der Waals surface area contributed by atoms with Gasteiger partial charge in [-0.15, -0.1) is 0 Å². The topological polar surface area (TPSA) is 101 Å². The SMILES string of the molecule is Cc1cc(C)cc(Oc2cc3c(OC(=O)C(F)(F)F)c[nH]c3cc2S(=O)(=O)N2CCNCC2)c1. The zero-order valence-corrected chi connectivity index (χ0v) is 19.1. The molecule has 1 aromatic heterocycles. The van der Waals surface area contributed by atoms with Crippen LogP contribution < -0.4 is 14.8 Å². The molecule has 8 nitrogen and oxygen atoms in total. The number of benzene rings is 2. The molecule has 1 fully saturated rings. The van der Waals surface area contributed by atoms with Gasteiger partial charge in [0.2, 0.25) is 10.0 Å². The average Bonchev–Trinajstić information content (AvgIpc) is 3.14. The van der Waals surface area contributed by atoms with Crippen LogP contribution in [0, 0.1) is 13.8 Å². The number of esters is 1. The van der Waals surface area contributed by atoms with E-state index in [0.29, 0.717) is 18.8 Å². The number of carbonyl (C=O) groups is 1. The Morgan fingerprint density at radius 3 is 2.26 bits per heavy atom. The first-order valence-corrected chi connectivity index (χ1v) is 11.8. The van der Waals surface area contributed by atoms with Crippen molar-refractivity contribution in [2.45, 2.75) is 24.9 Å². The number of piperazine rings is 1. The van der Waals surface area contributed by atoms with Gasteiger partial charge in [0, 0.05) is 37.8 Å². The third-order valence-corrected chi connectivity index (χ3v) is 7.18. The zero-order chi connectivity index (χ0) is 24.7. The smallest absolute Gasteiger partial charge is 0.456 e. The maximum atomic E-state index is 13.5. The van der Waals surface area contributed by atoms with Gasteiger partial charge in [-0.2, -0.15) is 17.5 Å². The molecular formula is C22H22F3N3O5S. The molecule has 0 unspecified atom stereocenters. The lowest BCUT2D eigenvalue weighted by atomic mass is 10.1. The van der Waals surface area contributed by atoms with Gasteiger partial charge >= 0.3 is 12.1 Å². The van der Waals surface area contributed by atoms with Crippen LogP contribution in [0.25, 0.3) is 10.9 Å². The highest BCUT2D eigenvalue weighted by molar-refractivity contribution is 7.89. The van der Waals surface area contributed by atoms with Crippen LogP contribution in [0.3, 0.4) is 0 Å². The van der Waals surface area contributed by atoms with Gasteiger partial charge in [0.1, 0.15) is 16.4 Å². The van der Waals surface area contributed by atoms with Crippen LogP contribution in [0.2, 0.25) is 0 Å². The number of fused-ring (bicyclic) bond motifs is 1. The second-order valence-electron chi connectivity index (χ2n) is 7.96. The molecule has 1 aliphatic rings. The molecule has 0 atom stereocenters. The Bertz CT molecular complexity index is 1330. The molecule has 2 aromatic carbocycles. The largest absolute Gasteiger partial charge is 0.491 e. The summed E-state index contributed by atoms with van der Waals surface area (Å²) >= 11 is 0. The Morgan fingerprint density at radius 1 is 1.00 bits per heavy atom. The molecule has 0 spiro atoms. The van der Waals surface area contributed by atoms with E-state index in [2.05, 4.69) is 15.0 Å². The lowest BCUT2D eigenvalue weighted by Crippen LogP contribution is -2.46.